The summed E-state index contributed by atoms with van der Waals surface area (Å²) in [5, 5.41) is 0. The minimum atomic E-state index is 0.188. The van der Waals surface area contributed by atoms with E-state index >= 15 is 0 Å². The summed E-state index contributed by atoms with van der Waals surface area (Å²) < 4.78 is 6.73. The molecule has 0 N–H and O–H groups in total. The van der Waals surface area contributed by atoms with Gasteiger partial charge in [0.25, 0.3) is 0 Å². The lowest BCUT2D eigenvalue weighted by Gasteiger charge is -2.21. The van der Waals surface area contributed by atoms with E-state index in [1.165, 1.54) is 9.13 Å². The Morgan fingerprint density at radius 3 is 2.53 bits per heavy atom. The van der Waals surface area contributed by atoms with Gasteiger partial charge in [-0.25, -0.2) is 0 Å². The van der Waals surface area contributed by atoms with Gasteiger partial charge in [0.15, 0.2) is 0 Å². The second kappa shape index (κ2) is 5.01. The molecule has 0 radical (unpaired) electrons. The summed E-state index contributed by atoms with van der Waals surface area (Å²) in [5.74, 6) is 0.910. The summed E-state index contributed by atoms with van der Waals surface area (Å²) >= 11 is 2.36. The third kappa shape index (κ3) is 3.52. The van der Waals surface area contributed by atoms with E-state index in [0.717, 1.165) is 5.75 Å². The monoisotopic (exact) mass is 316 g/mol. The number of rotatable bonds is 3. The van der Waals surface area contributed by atoms with Crippen LogP contribution in [0.25, 0.3) is 0 Å². The molecule has 0 bridgehead atoms. The van der Waals surface area contributed by atoms with Crippen LogP contribution in [0.4, 0.5) is 0 Å². The molecule has 0 aliphatic carbocycles. The molecule has 82 valence electrons. The highest BCUT2D eigenvalue weighted by Gasteiger charge is 2.16. The Morgan fingerprint density at radius 2 is 2.07 bits per heavy atom. The van der Waals surface area contributed by atoms with Crippen molar-refractivity contribution in [2.45, 2.75) is 26.2 Å². The van der Waals surface area contributed by atoms with E-state index in [1.54, 1.807) is 6.08 Å². The standard InChI is InChI=1S/C13H17IO/c1-5-8-15-10-6-7-11(12(14)9-10)13(2,3)4/h5-7,9H,1,8H2,2-4H3. The molecule has 0 saturated carbocycles. The number of hydrogen-bond acceptors (Lipinski definition) is 1. The van der Waals surface area contributed by atoms with Crippen molar-refractivity contribution in [1.29, 1.82) is 0 Å². The maximum atomic E-state index is 5.48. The molecule has 0 aliphatic rings. The first-order valence-electron chi connectivity index (χ1n) is 4.99. The molecule has 1 rings (SSSR count). The molecule has 1 nitrogen and oxygen atoms in total. The Hall–Kier alpha value is -0.510. The fourth-order valence-corrected chi connectivity index (χ4v) is 2.64. The molecule has 0 aromatic heterocycles. The van der Waals surface area contributed by atoms with Gasteiger partial charge < -0.3 is 4.74 Å². The SMILES string of the molecule is C=CCOc1ccc(C(C)(C)C)c(I)c1. The van der Waals surface area contributed by atoms with Crippen molar-refractivity contribution in [2.24, 2.45) is 0 Å². The molecule has 0 fully saturated rings. The van der Waals surface area contributed by atoms with Crippen LogP contribution in [0, 0.1) is 3.57 Å². The molecule has 15 heavy (non-hydrogen) atoms. The van der Waals surface area contributed by atoms with Gasteiger partial charge in [-0.3, -0.25) is 0 Å². The van der Waals surface area contributed by atoms with Crippen LogP contribution in [0.3, 0.4) is 0 Å². The average molecular weight is 316 g/mol. The van der Waals surface area contributed by atoms with E-state index < -0.39 is 0 Å². The van der Waals surface area contributed by atoms with Crippen LogP contribution < -0.4 is 4.74 Å². The van der Waals surface area contributed by atoms with Crippen LogP contribution in [0.5, 0.6) is 5.75 Å². The molecule has 1 aromatic rings. The molecule has 0 atom stereocenters. The predicted octanol–water partition coefficient (Wildman–Crippen LogP) is 4.15. The summed E-state index contributed by atoms with van der Waals surface area (Å²) in [4.78, 5) is 0. The minimum absolute atomic E-state index is 0.188. The predicted molar refractivity (Wildman–Crippen MR) is 73.6 cm³/mol. The van der Waals surface area contributed by atoms with E-state index in [2.05, 4.69) is 62.1 Å². The van der Waals surface area contributed by atoms with Crippen LogP contribution in [0.1, 0.15) is 26.3 Å². The summed E-state index contributed by atoms with van der Waals surface area (Å²) in [5.41, 5.74) is 1.54. The zero-order valence-electron chi connectivity index (χ0n) is 9.51. The van der Waals surface area contributed by atoms with Crippen molar-refractivity contribution in [1.82, 2.24) is 0 Å². The van der Waals surface area contributed by atoms with Crippen LogP contribution in [-0.2, 0) is 5.41 Å². The van der Waals surface area contributed by atoms with Crippen molar-refractivity contribution in [3.8, 4) is 5.75 Å². The Kier molecular flexibility index (Phi) is 4.20. The first kappa shape index (κ1) is 12.6. The Labute approximate surface area is 106 Å². The van der Waals surface area contributed by atoms with Gasteiger partial charge in [0.1, 0.15) is 12.4 Å². The summed E-state index contributed by atoms with van der Waals surface area (Å²) in [7, 11) is 0. The van der Waals surface area contributed by atoms with E-state index in [1.807, 2.05) is 6.07 Å². The highest BCUT2D eigenvalue weighted by molar-refractivity contribution is 14.1. The highest BCUT2D eigenvalue weighted by Crippen LogP contribution is 2.29. The van der Waals surface area contributed by atoms with Gasteiger partial charge in [-0.1, -0.05) is 39.5 Å². The van der Waals surface area contributed by atoms with Crippen molar-refractivity contribution < 1.29 is 4.74 Å². The normalized spacial score (nSPS) is 11.2. The lowest BCUT2D eigenvalue weighted by molar-refractivity contribution is 0.362. The van der Waals surface area contributed by atoms with Crippen molar-refractivity contribution in [3.63, 3.8) is 0 Å². The molecule has 0 heterocycles. The first-order chi connectivity index (χ1) is 6.95. The highest BCUT2D eigenvalue weighted by atomic mass is 127. The first-order valence-corrected chi connectivity index (χ1v) is 6.07. The summed E-state index contributed by atoms with van der Waals surface area (Å²) in [6.45, 7) is 10.8. The lowest BCUT2D eigenvalue weighted by Crippen LogP contribution is -2.13. The molecule has 0 saturated heterocycles. The van der Waals surface area contributed by atoms with E-state index in [4.69, 9.17) is 4.74 Å². The summed E-state index contributed by atoms with van der Waals surface area (Å²) in [6, 6.07) is 6.23. The van der Waals surface area contributed by atoms with Crippen LogP contribution in [0.15, 0.2) is 30.9 Å². The van der Waals surface area contributed by atoms with Gasteiger partial charge in [-0.15, -0.1) is 0 Å². The minimum Gasteiger partial charge on any atom is -0.490 e. The largest absolute Gasteiger partial charge is 0.490 e. The van der Waals surface area contributed by atoms with Crippen LogP contribution >= 0.6 is 22.6 Å². The molecule has 0 aliphatic heterocycles. The number of benzene rings is 1. The van der Waals surface area contributed by atoms with Crippen molar-refractivity contribution in [2.75, 3.05) is 6.61 Å². The Morgan fingerprint density at radius 1 is 1.40 bits per heavy atom. The molecule has 0 amide bonds. The van der Waals surface area contributed by atoms with E-state index in [0.29, 0.717) is 6.61 Å². The molecule has 0 spiro atoms. The Balaban J connectivity index is 2.93. The van der Waals surface area contributed by atoms with Gasteiger partial charge in [-0.2, -0.15) is 0 Å². The fraction of sp³-hybridized carbons (Fsp3) is 0.385. The second-order valence-corrected chi connectivity index (χ2v) is 5.65. The summed E-state index contributed by atoms with van der Waals surface area (Å²) in [6.07, 6.45) is 1.75. The zero-order chi connectivity index (χ0) is 11.5. The van der Waals surface area contributed by atoms with Gasteiger partial charge in [0.05, 0.1) is 0 Å². The topological polar surface area (TPSA) is 9.23 Å². The van der Waals surface area contributed by atoms with Crippen molar-refractivity contribution in [3.05, 3.63) is 40.0 Å². The average Bonchev–Trinajstić information content (AvgIpc) is 2.12. The molecular formula is C13H17IO. The number of halogens is 1. The maximum absolute atomic E-state index is 5.48. The van der Waals surface area contributed by atoms with Gasteiger partial charge in [-0.05, 0) is 45.7 Å². The zero-order valence-corrected chi connectivity index (χ0v) is 11.7. The molecule has 2 heteroatoms. The van der Waals surface area contributed by atoms with Crippen LogP contribution in [-0.4, -0.2) is 6.61 Å². The van der Waals surface area contributed by atoms with Gasteiger partial charge in [0, 0.05) is 3.57 Å². The van der Waals surface area contributed by atoms with Gasteiger partial charge >= 0.3 is 0 Å². The van der Waals surface area contributed by atoms with Crippen molar-refractivity contribution >= 4 is 22.6 Å². The third-order valence-corrected chi connectivity index (χ3v) is 3.01. The third-order valence-electron chi connectivity index (χ3n) is 2.12. The molecule has 0 unspecified atom stereocenters. The van der Waals surface area contributed by atoms with E-state index in [9.17, 15) is 0 Å². The maximum Gasteiger partial charge on any atom is 0.120 e. The van der Waals surface area contributed by atoms with E-state index in [-0.39, 0.29) is 5.41 Å². The number of hydrogen-bond donors (Lipinski definition) is 0. The molecule has 1 aromatic carbocycles. The second-order valence-electron chi connectivity index (χ2n) is 4.49. The van der Waals surface area contributed by atoms with Crippen LogP contribution in [0.2, 0.25) is 0 Å². The Bertz CT molecular complexity index is 350. The molecular weight excluding hydrogens is 299 g/mol. The smallest absolute Gasteiger partial charge is 0.120 e. The number of ether oxygens (including phenoxy) is 1. The van der Waals surface area contributed by atoms with Gasteiger partial charge in [0.2, 0.25) is 0 Å². The fourth-order valence-electron chi connectivity index (χ4n) is 1.35. The quantitative estimate of drug-likeness (QED) is 0.601. The lowest BCUT2D eigenvalue weighted by atomic mass is 9.87.